The van der Waals surface area contributed by atoms with Gasteiger partial charge in [0.2, 0.25) is 5.91 Å². The number of amides is 1. The van der Waals surface area contributed by atoms with E-state index in [9.17, 15) is 4.79 Å². The number of carbonyl (C=O) groups excluding carboxylic acids is 1. The lowest BCUT2D eigenvalue weighted by Crippen LogP contribution is -2.48. The Morgan fingerprint density at radius 3 is 2.62 bits per heavy atom. The third kappa shape index (κ3) is 3.56. The second kappa shape index (κ2) is 9.05. The molecule has 194 valence electrons. The lowest BCUT2D eigenvalue weighted by atomic mass is 9.92. The number of halogens is 1. The standard InChI is InChI=1S/C32H28FN5O/c1-3-19-21-7-5-9-27(33)30(21)24-18-25-26(17-23(19)24)32(38-15-13-37(14-16-38)29(39)4-2)36-35-31(25)22-8-6-10-28-20(22)11-12-34-28/h4-12,17-19,34H,2-3,13-16H2,1H3. The molecule has 3 aromatic carbocycles. The van der Waals surface area contributed by atoms with Crippen LogP contribution in [0.4, 0.5) is 10.2 Å². The molecule has 39 heavy (non-hydrogen) atoms. The van der Waals surface area contributed by atoms with Crippen LogP contribution >= 0.6 is 0 Å². The quantitative estimate of drug-likeness (QED) is 0.285. The van der Waals surface area contributed by atoms with E-state index < -0.39 is 0 Å². The number of nitrogens with zero attached hydrogens (tertiary/aromatic N) is 4. The number of nitrogens with one attached hydrogen (secondary N) is 1. The van der Waals surface area contributed by atoms with Crippen LogP contribution in [0.2, 0.25) is 0 Å². The maximum atomic E-state index is 15.3. The molecule has 1 atom stereocenters. The van der Waals surface area contributed by atoms with Gasteiger partial charge < -0.3 is 14.8 Å². The SMILES string of the molecule is C=CC(=O)N1CCN(c2nnc(-c3cccc4[nH]ccc34)c3cc4c(cc23)C(CC)c2cccc(F)c2-4)CC1. The summed E-state index contributed by atoms with van der Waals surface area (Å²) in [6, 6.07) is 17.9. The van der Waals surface area contributed by atoms with Gasteiger partial charge in [0.25, 0.3) is 0 Å². The first-order valence-electron chi connectivity index (χ1n) is 13.4. The van der Waals surface area contributed by atoms with E-state index in [1.807, 2.05) is 29.3 Å². The molecule has 1 fully saturated rings. The van der Waals surface area contributed by atoms with Gasteiger partial charge in [-0.05, 0) is 59.5 Å². The molecule has 0 radical (unpaired) electrons. The minimum Gasteiger partial charge on any atom is -0.361 e. The van der Waals surface area contributed by atoms with E-state index in [1.165, 1.54) is 6.08 Å². The summed E-state index contributed by atoms with van der Waals surface area (Å²) < 4.78 is 15.3. The molecule has 1 saturated heterocycles. The zero-order valence-electron chi connectivity index (χ0n) is 21.7. The maximum Gasteiger partial charge on any atom is 0.246 e. The van der Waals surface area contributed by atoms with Crippen molar-refractivity contribution in [2.24, 2.45) is 0 Å². The fourth-order valence-corrected chi connectivity index (χ4v) is 6.42. The van der Waals surface area contributed by atoms with Gasteiger partial charge in [-0.2, -0.15) is 0 Å². The summed E-state index contributed by atoms with van der Waals surface area (Å²) in [4.78, 5) is 19.5. The molecule has 3 heterocycles. The smallest absolute Gasteiger partial charge is 0.246 e. The Hall–Kier alpha value is -4.52. The molecule has 0 spiro atoms. The number of piperazine rings is 1. The van der Waals surface area contributed by atoms with Crippen molar-refractivity contribution in [1.82, 2.24) is 20.1 Å². The molecule has 2 aliphatic rings. The zero-order valence-corrected chi connectivity index (χ0v) is 21.7. The third-order valence-corrected chi connectivity index (χ3v) is 8.32. The van der Waals surface area contributed by atoms with Crippen molar-refractivity contribution in [2.45, 2.75) is 19.3 Å². The molecular formula is C32H28FN5O. The number of benzene rings is 3. The Morgan fingerprint density at radius 2 is 1.82 bits per heavy atom. The number of aromatic nitrogens is 3. The van der Waals surface area contributed by atoms with Crippen LogP contribution in [-0.4, -0.2) is 52.2 Å². The van der Waals surface area contributed by atoms with Gasteiger partial charge in [-0.15, -0.1) is 10.2 Å². The van der Waals surface area contributed by atoms with Gasteiger partial charge in [-0.1, -0.05) is 37.8 Å². The minimum atomic E-state index is -0.191. The summed E-state index contributed by atoms with van der Waals surface area (Å²) >= 11 is 0. The van der Waals surface area contributed by atoms with E-state index >= 15 is 4.39 Å². The maximum absolute atomic E-state index is 15.3. The Bertz CT molecular complexity index is 1780. The van der Waals surface area contributed by atoms with Crippen molar-refractivity contribution in [1.29, 1.82) is 0 Å². The van der Waals surface area contributed by atoms with Crippen LogP contribution in [0, 0.1) is 5.82 Å². The summed E-state index contributed by atoms with van der Waals surface area (Å²) in [6.45, 7) is 8.27. The Balaban J connectivity index is 1.46. The first-order valence-corrected chi connectivity index (χ1v) is 13.4. The van der Waals surface area contributed by atoms with Gasteiger partial charge in [-0.25, -0.2) is 4.39 Å². The number of aromatic amines is 1. The van der Waals surface area contributed by atoms with E-state index in [0.29, 0.717) is 31.7 Å². The van der Waals surface area contributed by atoms with Gasteiger partial charge in [0.1, 0.15) is 11.5 Å². The van der Waals surface area contributed by atoms with E-state index in [2.05, 4.69) is 47.7 Å². The molecule has 5 aromatic rings. The molecule has 7 rings (SSSR count). The van der Waals surface area contributed by atoms with Gasteiger partial charge in [0.15, 0.2) is 5.82 Å². The van der Waals surface area contributed by atoms with Crippen molar-refractivity contribution in [3.63, 3.8) is 0 Å². The Morgan fingerprint density at radius 1 is 1.00 bits per heavy atom. The first-order chi connectivity index (χ1) is 19.1. The lowest BCUT2D eigenvalue weighted by molar-refractivity contribution is -0.126. The van der Waals surface area contributed by atoms with Crippen LogP contribution in [0.15, 0.2) is 73.4 Å². The van der Waals surface area contributed by atoms with Crippen molar-refractivity contribution < 1.29 is 9.18 Å². The van der Waals surface area contributed by atoms with Crippen LogP contribution in [0.5, 0.6) is 0 Å². The molecule has 1 aliphatic carbocycles. The average molecular weight is 518 g/mol. The van der Waals surface area contributed by atoms with Crippen LogP contribution in [0.1, 0.15) is 30.4 Å². The van der Waals surface area contributed by atoms with Crippen molar-refractivity contribution in [3.8, 4) is 22.4 Å². The molecule has 1 aliphatic heterocycles. The molecule has 2 aromatic heterocycles. The highest BCUT2D eigenvalue weighted by Gasteiger charge is 2.32. The summed E-state index contributed by atoms with van der Waals surface area (Å²) in [5.74, 6) is 0.678. The van der Waals surface area contributed by atoms with Crippen molar-refractivity contribution >= 4 is 33.4 Å². The predicted octanol–water partition coefficient (Wildman–Crippen LogP) is 6.27. The number of carbonyl (C=O) groups is 1. The monoisotopic (exact) mass is 517 g/mol. The molecule has 0 bridgehead atoms. The normalized spacial score (nSPS) is 16.5. The summed E-state index contributed by atoms with van der Waals surface area (Å²) in [5, 5.41) is 12.6. The number of H-pyrrole nitrogens is 1. The van der Waals surface area contributed by atoms with Gasteiger partial charge in [0.05, 0.1) is 0 Å². The van der Waals surface area contributed by atoms with E-state index in [1.54, 1.807) is 12.1 Å². The lowest BCUT2D eigenvalue weighted by Gasteiger charge is -2.35. The highest BCUT2D eigenvalue weighted by Crippen LogP contribution is 2.50. The molecule has 6 nitrogen and oxygen atoms in total. The summed E-state index contributed by atoms with van der Waals surface area (Å²) in [6.07, 6.45) is 4.17. The van der Waals surface area contributed by atoms with Gasteiger partial charge in [0, 0.05) is 71.1 Å². The predicted molar refractivity (Wildman–Crippen MR) is 153 cm³/mol. The van der Waals surface area contributed by atoms with Crippen LogP contribution in [0.25, 0.3) is 44.1 Å². The van der Waals surface area contributed by atoms with Crippen LogP contribution in [0.3, 0.4) is 0 Å². The highest BCUT2D eigenvalue weighted by molar-refractivity contribution is 6.08. The Labute approximate surface area is 225 Å². The fraction of sp³-hybridized carbons (Fsp3) is 0.219. The zero-order chi connectivity index (χ0) is 26.7. The number of fused-ring (bicyclic) bond motifs is 5. The van der Waals surface area contributed by atoms with Crippen molar-refractivity contribution in [2.75, 3.05) is 31.1 Å². The third-order valence-electron chi connectivity index (χ3n) is 8.32. The number of anilines is 1. The second-order valence-corrected chi connectivity index (χ2v) is 10.3. The molecule has 1 unspecified atom stereocenters. The fourth-order valence-electron chi connectivity index (χ4n) is 6.42. The highest BCUT2D eigenvalue weighted by atomic mass is 19.1. The summed E-state index contributed by atoms with van der Waals surface area (Å²) in [7, 11) is 0. The second-order valence-electron chi connectivity index (χ2n) is 10.3. The van der Waals surface area contributed by atoms with E-state index in [4.69, 9.17) is 10.2 Å². The molecule has 7 heteroatoms. The number of hydrogen-bond acceptors (Lipinski definition) is 4. The minimum absolute atomic E-state index is 0.0519. The first kappa shape index (κ1) is 23.6. The molecule has 1 N–H and O–H groups in total. The van der Waals surface area contributed by atoms with E-state index in [-0.39, 0.29) is 17.6 Å². The molecule has 0 saturated carbocycles. The topological polar surface area (TPSA) is 65.1 Å². The largest absolute Gasteiger partial charge is 0.361 e. The van der Waals surface area contributed by atoms with Gasteiger partial charge >= 0.3 is 0 Å². The van der Waals surface area contributed by atoms with Crippen molar-refractivity contribution in [3.05, 3.63) is 90.4 Å². The van der Waals surface area contributed by atoms with Crippen LogP contribution in [-0.2, 0) is 4.79 Å². The number of hydrogen-bond donors (Lipinski definition) is 1. The number of rotatable bonds is 4. The van der Waals surface area contributed by atoms with Crippen LogP contribution < -0.4 is 4.90 Å². The van der Waals surface area contributed by atoms with Gasteiger partial charge in [-0.3, -0.25) is 4.79 Å². The molecular weight excluding hydrogens is 489 g/mol. The Kier molecular flexibility index (Phi) is 5.47. The average Bonchev–Trinajstić information content (AvgIpc) is 3.58. The molecule has 1 amide bonds. The summed E-state index contributed by atoms with van der Waals surface area (Å²) in [5.41, 5.74) is 6.59. The van der Waals surface area contributed by atoms with E-state index in [0.717, 1.165) is 61.9 Å².